The van der Waals surface area contributed by atoms with Crippen LogP contribution in [0.15, 0.2) is 6.20 Å². The fraction of sp³-hybridized carbons (Fsp3) is 0.750. The number of aromatic nitrogens is 2. The maximum absolute atomic E-state index is 5.97. The normalized spacial score (nSPS) is 25.2. The molecule has 0 bridgehead atoms. The first kappa shape index (κ1) is 11.9. The van der Waals surface area contributed by atoms with Crippen molar-refractivity contribution in [2.75, 3.05) is 0 Å². The third-order valence-corrected chi connectivity index (χ3v) is 3.88. The molecule has 1 aliphatic carbocycles. The lowest BCUT2D eigenvalue weighted by atomic mass is 10.0. The molecule has 2 N–H and O–H groups in total. The molecule has 1 aliphatic heterocycles. The summed E-state index contributed by atoms with van der Waals surface area (Å²) in [6.45, 7) is 1.09. The molecule has 2 heterocycles. The van der Waals surface area contributed by atoms with Crippen LogP contribution >= 0.6 is 12.4 Å². The van der Waals surface area contributed by atoms with E-state index in [9.17, 15) is 0 Å². The van der Waals surface area contributed by atoms with E-state index in [0.29, 0.717) is 6.04 Å². The molecule has 0 aromatic carbocycles. The zero-order valence-electron chi connectivity index (χ0n) is 9.56. The van der Waals surface area contributed by atoms with Crippen molar-refractivity contribution in [1.29, 1.82) is 0 Å². The molecule has 90 valence electrons. The fourth-order valence-electron chi connectivity index (χ4n) is 3.02. The average Bonchev–Trinajstić information content (AvgIpc) is 2.82. The quantitative estimate of drug-likeness (QED) is 0.820. The van der Waals surface area contributed by atoms with Crippen LogP contribution in [0.1, 0.15) is 49.5 Å². The van der Waals surface area contributed by atoms with Crippen LogP contribution < -0.4 is 5.73 Å². The van der Waals surface area contributed by atoms with Crippen LogP contribution in [0.4, 0.5) is 0 Å². The molecule has 16 heavy (non-hydrogen) atoms. The molecule has 0 saturated heterocycles. The highest BCUT2D eigenvalue weighted by Crippen LogP contribution is 2.34. The number of halogens is 1. The maximum Gasteiger partial charge on any atom is 0.111 e. The van der Waals surface area contributed by atoms with Gasteiger partial charge in [-0.05, 0) is 19.3 Å². The number of nitrogens with two attached hydrogens (primary N) is 1. The van der Waals surface area contributed by atoms with Crippen molar-refractivity contribution in [1.82, 2.24) is 9.55 Å². The van der Waals surface area contributed by atoms with Crippen molar-refractivity contribution >= 4 is 12.4 Å². The summed E-state index contributed by atoms with van der Waals surface area (Å²) in [4.78, 5) is 4.62. The van der Waals surface area contributed by atoms with E-state index in [4.69, 9.17) is 5.73 Å². The first-order chi connectivity index (χ1) is 7.34. The summed E-state index contributed by atoms with van der Waals surface area (Å²) >= 11 is 0. The van der Waals surface area contributed by atoms with Gasteiger partial charge in [0.1, 0.15) is 5.82 Å². The van der Waals surface area contributed by atoms with Gasteiger partial charge in [0.05, 0.1) is 0 Å². The van der Waals surface area contributed by atoms with Crippen molar-refractivity contribution in [3.8, 4) is 0 Å². The lowest BCUT2D eigenvalue weighted by Crippen LogP contribution is -2.31. The zero-order valence-corrected chi connectivity index (χ0v) is 10.4. The first-order valence-corrected chi connectivity index (χ1v) is 6.14. The monoisotopic (exact) mass is 241 g/mol. The molecule has 1 saturated carbocycles. The minimum atomic E-state index is 0. The third kappa shape index (κ3) is 1.98. The molecule has 0 amide bonds. The van der Waals surface area contributed by atoms with E-state index >= 15 is 0 Å². The first-order valence-electron chi connectivity index (χ1n) is 6.14. The van der Waals surface area contributed by atoms with Crippen LogP contribution in [0.3, 0.4) is 0 Å². The summed E-state index contributed by atoms with van der Waals surface area (Å²) in [5.41, 5.74) is 7.33. The average molecular weight is 242 g/mol. The SMILES string of the molecule is Cl.NC1CCn2c(cnc2C2CCCC2)C1. The van der Waals surface area contributed by atoms with Gasteiger partial charge in [0, 0.05) is 36.8 Å². The summed E-state index contributed by atoms with van der Waals surface area (Å²) in [6, 6.07) is 0.352. The number of rotatable bonds is 1. The van der Waals surface area contributed by atoms with Gasteiger partial charge in [-0.25, -0.2) is 4.98 Å². The fourth-order valence-corrected chi connectivity index (χ4v) is 3.02. The molecule has 3 nitrogen and oxygen atoms in total. The lowest BCUT2D eigenvalue weighted by molar-refractivity contribution is 0.448. The van der Waals surface area contributed by atoms with Crippen molar-refractivity contribution < 1.29 is 0 Å². The molecule has 1 aromatic heterocycles. The molecule has 1 aromatic rings. The van der Waals surface area contributed by atoms with Gasteiger partial charge in [-0.15, -0.1) is 12.4 Å². The molecule has 1 atom stereocenters. The Bertz CT molecular complexity index is 355. The number of hydrogen-bond donors (Lipinski definition) is 1. The van der Waals surface area contributed by atoms with Crippen LogP contribution in [0.25, 0.3) is 0 Å². The summed E-state index contributed by atoms with van der Waals surface area (Å²) in [5.74, 6) is 2.07. The molecule has 2 aliphatic rings. The highest BCUT2D eigenvalue weighted by atomic mass is 35.5. The highest BCUT2D eigenvalue weighted by molar-refractivity contribution is 5.85. The van der Waals surface area contributed by atoms with E-state index < -0.39 is 0 Å². The van der Waals surface area contributed by atoms with Gasteiger partial charge in [-0.3, -0.25) is 0 Å². The van der Waals surface area contributed by atoms with Crippen molar-refractivity contribution in [3.63, 3.8) is 0 Å². The van der Waals surface area contributed by atoms with Gasteiger partial charge in [-0.1, -0.05) is 12.8 Å². The number of hydrogen-bond acceptors (Lipinski definition) is 2. The summed E-state index contributed by atoms with van der Waals surface area (Å²) in [5, 5.41) is 0. The topological polar surface area (TPSA) is 43.8 Å². The van der Waals surface area contributed by atoms with Crippen LogP contribution in [0, 0.1) is 0 Å². The Hall–Kier alpha value is -0.540. The Balaban J connectivity index is 0.000000963. The maximum atomic E-state index is 5.97. The summed E-state index contributed by atoms with van der Waals surface area (Å²) < 4.78 is 2.43. The van der Waals surface area contributed by atoms with Crippen LogP contribution in [-0.4, -0.2) is 15.6 Å². The zero-order chi connectivity index (χ0) is 10.3. The smallest absolute Gasteiger partial charge is 0.111 e. The molecule has 1 fully saturated rings. The molecule has 4 heteroatoms. The minimum absolute atomic E-state index is 0. The Morgan fingerprint density at radius 2 is 2.00 bits per heavy atom. The minimum Gasteiger partial charge on any atom is -0.332 e. The summed E-state index contributed by atoms with van der Waals surface area (Å²) in [6.07, 6.45) is 9.61. The molecular weight excluding hydrogens is 222 g/mol. The van der Waals surface area contributed by atoms with E-state index in [1.165, 1.54) is 37.2 Å². The van der Waals surface area contributed by atoms with Gasteiger partial charge in [-0.2, -0.15) is 0 Å². The molecule has 0 radical (unpaired) electrons. The Morgan fingerprint density at radius 3 is 2.75 bits per heavy atom. The highest BCUT2D eigenvalue weighted by Gasteiger charge is 2.25. The van der Waals surface area contributed by atoms with Crippen molar-refractivity contribution in [2.24, 2.45) is 5.73 Å². The Labute approximate surface area is 103 Å². The van der Waals surface area contributed by atoms with Crippen molar-refractivity contribution in [2.45, 2.75) is 57.0 Å². The lowest BCUT2D eigenvalue weighted by Gasteiger charge is -2.23. The standard InChI is InChI=1S/C12H19N3.ClH/c13-10-5-6-15-11(7-10)8-14-12(15)9-3-1-2-4-9;/h8-10H,1-7,13H2;1H. The molecular formula is C12H20ClN3. The molecule has 0 spiro atoms. The predicted octanol–water partition coefficient (Wildman–Crippen LogP) is 2.24. The number of fused-ring (bicyclic) bond motifs is 1. The summed E-state index contributed by atoms with van der Waals surface area (Å²) in [7, 11) is 0. The second-order valence-corrected chi connectivity index (χ2v) is 4.99. The van der Waals surface area contributed by atoms with E-state index in [2.05, 4.69) is 9.55 Å². The Morgan fingerprint density at radius 1 is 1.25 bits per heavy atom. The number of nitrogens with zero attached hydrogens (tertiary/aromatic N) is 2. The second kappa shape index (κ2) is 4.76. The number of imidazole rings is 1. The van der Waals surface area contributed by atoms with Crippen LogP contribution in [-0.2, 0) is 13.0 Å². The van der Waals surface area contributed by atoms with Gasteiger partial charge < -0.3 is 10.3 Å². The van der Waals surface area contributed by atoms with E-state index in [0.717, 1.165) is 25.3 Å². The third-order valence-electron chi connectivity index (χ3n) is 3.88. The van der Waals surface area contributed by atoms with Gasteiger partial charge in [0.15, 0.2) is 0 Å². The van der Waals surface area contributed by atoms with Gasteiger partial charge >= 0.3 is 0 Å². The van der Waals surface area contributed by atoms with Gasteiger partial charge in [0.25, 0.3) is 0 Å². The van der Waals surface area contributed by atoms with E-state index in [1.54, 1.807) is 0 Å². The molecule has 1 unspecified atom stereocenters. The van der Waals surface area contributed by atoms with E-state index in [1.807, 2.05) is 6.20 Å². The second-order valence-electron chi connectivity index (χ2n) is 4.99. The molecule has 3 rings (SSSR count). The van der Waals surface area contributed by atoms with Crippen LogP contribution in [0.5, 0.6) is 0 Å². The Kier molecular flexibility index (Phi) is 3.55. The van der Waals surface area contributed by atoms with Crippen molar-refractivity contribution in [3.05, 3.63) is 17.7 Å². The predicted molar refractivity (Wildman–Crippen MR) is 67.0 cm³/mol. The van der Waals surface area contributed by atoms with Gasteiger partial charge in [0.2, 0.25) is 0 Å². The van der Waals surface area contributed by atoms with E-state index in [-0.39, 0.29) is 12.4 Å². The van der Waals surface area contributed by atoms with Crippen LogP contribution in [0.2, 0.25) is 0 Å². The largest absolute Gasteiger partial charge is 0.332 e.